The lowest BCUT2D eigenvalue weighted by Crippen LogP contribution is -2.31. The van der Waals surface area contributed by atoms with E-state index >= 15 is 4.79 Å². The van der Waals surface area contributed by atoms with Crippen LogP contribution < -0.4 is 32.4 Å². The number of fused-ring (bicyclic) bond motifs is 9. The predicted octanol–water partition coefficient (Wildman–Crippen LogP) is 9.34. The van der Waals surface area contributed by atoms with Gasteiger partial charge in [-0.15, -0.1) is 22.7 Å². The maximum absolute atomic E-state index is 15.0. The van der Waals surface area contributed by atoms with Crippen molar-refractivity contribution in [1.29, 1.82) is 0 Å². The van der Waals surface area contributed by atoms with Crippen LogP contribution in [0.4, 0.5) is 26.0 Å². The van der Waals surface area contributed by atoms with E-state index in [2.05, 4.69) is 9.98 Å². The summed E-state index contributed by atoms with van der Waals surface area (Å²) >= 11 is 2.39. The summed E-state index contributed by atoms with van der Waals surface area (Å²) in [6.45, 7) is -0.501. The van der Waals surface area contributed by atoms with Crippen LogP contribution in [0.1, 0.15) is 16.7 Å². The molecule has 0 saturated carbocycles. The maximum atomic E-state index is 15.0. The normalized spacial score (nSPS) is 11.7. The van der Waals surface area contributed by atoms with Gasteiger partial charge in [-0.05, 0) is 16.7 Å². The lowest BCUT2D eigenvalue weighted by atomic mass is 10.2. The van der Waals surface area contributed by atoms with E-state index in [1.807, 2.05) is 18.2 Å². The van der Waals surface area contributed by atoms with Gasteiger partial charge in [-0.3, -0.25) is 19.2 Å². The highest BCUT2D eigenvalue weighted by Gasteiger charge is 2.33. The molecule has 0 aliphatic rings. The third-order valence-corrected chi connectivity index (χ3v) is 14.6. The Morgan fingerprint density at radius 2 is 0.690 bits per heavy atom. The van der Waals surface area contributed by atoms with E-state index in [-0.39, 0.29) is 75.1 Å². The van der Waals surface area contributed by atoms with Crippen LogP contribution in [0.3, 0.4) is 0 Å². The van der Waals surface area contributed by atoms with Crippen LogP contribution in [0.2, 0.25) is 0 Å². The van der Waals surface area contributed by atoms with Gasteiger partial charge >= 0.3 is 18.3 Å². The number of rotatable bonds is 8. The second-order valence-corrected chi connectivity index (χ2v) is 18.6. The zero-order chi connectivity index (χ0) is 48.5. The van der Waals surface area contributed by atoms with Crippen molar-refractivity contribution in [2.75, 3.05) is 0 Å². The summed E-state index contributed by atoms with van der Waals surface area (Å²) in [4.78, 5) is 108. The van der Waals surface area contributed by atoms with Gasteiger partial charge in [-0.25, -0.2) is 38.1 Å². The van der Waals surface area contributed by atoms with E-state index < -0.39 is 50.7 Å². The summed E-state index contributed by atoms with van der Waals surface area (Å²) in [6, 6.07) is 42.7. The first-order valence-electron chi connectivity index (χ1n) is 22.0. The highest BCUT2D eigenvalue weighted by molar-refractivity contribution is 7.33. The fourth-order valence-corrected chi connectivity index (χ4v) is 11.4. The Morgan fingerprint density at radius 1 is 0.394 bits per heavy atom. The Kier molecular flexibility index (Phi) is 10.4. The van der Waals surface area contributed by atoms with Gasteiger partial charge in [0.05, 0.1) is 40.9 Å². The minimum atomic E-state index is -0.935. The summed E-state index contributed by atoms with van der Waals surface area (Å²) in [7, 11) is 0. The standard InChI is InChI=1S/C54H31N5O10S2/c60-46-32-20-10-11-21-33(32)47(61)40(46)55-38-24-36-42(57(38)52(64)67-26-29-14-4-1-5-15-29)44-50(70-36)51-45(59(44)54(66)69-28-31-18-8-3-9-19-31)43-37(71-51)25-39(58(43)53(65)68-27-30-16-6-2-7-17-30)56-41-48(62)34-22-12-13-23-35(34)49(41)63/h1-25H,26-28H2. The monoisotopic (exact) mass is 973 g/mol. The molecule has 0 saturated heterocycles. The van der Waals surface area contributed by atoms with E-state index in [1.165, 1.54) is 51.5 Å². The van der Waals surface area contributed by atoms with E-state index in [0.29, 0.717) is 35.5 Å². The molecule has 0 fully saturated rings. The largest absolute Gasteiger partial charge is 0.444 e. The van der Waals surface area contributed by atoms with Gasteiger partial charge in [0.25, 0.3) is 0 Å². The molecule has 344 valence electrons. The van der Waals surface area contributed by atoms with Crippen molar-refractivity contribution >= 4 is 115 Å². The van der Waals surface area contributed by atoms with Crippen molar-refractivity contribution in [2.24, 2.45) is 9.98 Å². The molecular formula is C54H31N5O10S2. The molecule has 5 aromatic heterocycles. The SMILES string of the molecule is O=C(OCc1ccccc1)n1c(N=c2c(=O)c3ccccc3c2=O)cc2sc3c4sc5cc(N=c6c(=O)c7ccccc7c6=O)n(C(=O)OCc6ccccc6)c5c4n(C(=O)OCc4ccccc4)c3c21. The average molecular weight is 974 g/mol. The first kappa shape index (κ1) is 43.1. The van der Waals surface area contributed by atoms with Crippen LogP contribution in [-0.2, 0) is 34.0 Å². The molecule has 17 heteroatoms. The van der Waals surface area contributed by atoms with Gasteiger partial charge in [0, 0.05) is 33.7 Å². The molecule has 0 N–H and O–H groups in total. The Labute approximate surface area is 405 Å². The fraction of sp³-hybridized carbons (Fsp3) is 0.0556. The molecule has 0 atom stereocenters. The second-order valence-electron chi connectivity index (χ2n) is 16.4. The van der Waals surface area contributed by atoms with Crippen molar-refractivity contribution < 1.29 is 28.6 Å². The first-order valence-corrected chi connectivity index (χ1v) is 23.6. The lowest BCUT2D eigenvalue weighted by Gasteiger charge is -2.11. The lowest BCUT2D eigenvalue weighted by molar-refractivity contribution is 0.141. The Morgan fingerprint density at radius 3 is 1.01 bits per heavy atom. The smallest absolute Gasteiger partial charge is 0.420 e. The van der Waals surface area contributed by atoms with E-state index in [1.54, 1.807) is 109 Å². The van der Waals surface area contributed by atoms with Crippen LogP contribution in [0, 0.1) is 0 Å². The van der Waals surface area contributed by atoms with Crippen LogP contribution >= 0.6 is 22.7 Å². The number of aromatic nitrogens is 3. The van der Waals surface area contributed by atoms with Gasteiger partial charge < -0.3 is 14.2 Å². The van der Waals surface area contributed by atoms with Crippen LogP contribution in [0.5, 0.6) is 0 Å². The summed E-state index contributed by atoms with van der Waals surface area (Å²) in [6.07, 6.45) is -2.77. The third kappa shape index (κ3) is 7.12. The van der Waals surface area contributed by atoms with E-state index in [9.17, 15) is 28.8 Å². The number of hydrogen-bond acceptors (Lipinski definition) is 14. The molecule has 12 rings (SSSR count). The average Bonchev–Trinajstić information content (AvgIpc) is 4.26. The molecule has 0 radical (unpaired) electrons. The number of thiophene rings is 2. The van der Waals surface area contributed by atoms with Crippen LogP contribution in [-0.4, -0.2) is 32.0 Å². The quantitative estimate of drug-likeness (QED) is 0.133. The second kappa shape index (κ2) is 17.1. The first-order chi connectivity index (χ1) is 34.6. The van der Waals surface area contributed by atoms with Gasteiger partial charge in [-0.1, -0.05) is 140 Å². The molecule has 7 aromatic carbocycles. The van der Waals surface area contributed by atoms with Crippen molar-refractivity contribution in [3.8, 4) is 0 Å². The number of ether oxygens (including phenoxy) is 3. The summed E-state index contributed by atoms with van der Waals surface area (Å²) in [5, 5.41) is -0.131. The Balaban J connectivity index is 1.14. The molecule has 0 unspecified atom stereocenters. The summed E-state index contributed by atoms with van der Waals surface area (Å²) < 4.78 is 23.2. The topological polar surface area (TPSA) is 187 Å². The number of nitrogens with zero attached hydrogens (tertiary/aromatic N) is 5. The number of benzene rings is 5. The molecule has 0 aliphatic heterocycles. The number of hydrogen-bond donors (Lipinski definition) is 0. The molecule has 0 amide bonds. The zero-order valence-electron chi connectivity index (χ0n) is 36.7. The van der Waals surface area contributed by atoms with Crippen molar-refractivity contribution in [1.82, 2.24) is 13.7 Å². The molecule has 5 heterocycles. The van der Waals surface area contributed by atoms with Crippen molar-refractivity contribution in [3.05, 3.63) is 220 Å². The zero-order valence-corrected chi connectivity index (χ0v) is 38.3. The molecule has 0 bridgehead atoms. The third-order valence-electron chi connectivity index (χ3n) is 12.2. The predicted molar refractivity (Wildman–Crippen MR) is 270 cm³/mol. The Bertz CT molecular complexity index is 4150. The molecule has 12 aromatic rings. The number of carbonyl (C=O) groups excluding carboxylic acids is 3. The van der Waals surface area contributed by atoms with Gasteiger partial charge in [0.15, 0.2) is 10.7 Å². The van der Waals surface area contributed by atoms with Crippen molar-refractivity contribution in [2.45, 2.75) is 19.8 Å². The Hall–Kier alpha value is -9.19. The molecule has 15 nitrogen and oxygen atoms in total. The van der Waals surface area contributed by atoms with Gasteiger partial charge in [0.2, 0.25) is 21.7 Å². The van der Waals surface area contributed by atoms with E-state index in [0.717, 1.165) is 9.13 Å². The van der Waals surface area contributed by atoms with Crippen molar-refractivity contribution in [3.63, 3.8) is 0 Å². The fourth-order valence-electron chi connectivity index (χ4n) is 8.89. The van der Waals surface area contributed by atoms with Gasteiger partial charge in [-0.2, -0.15) is 0 Å². The molecular weight excluding hydrogens is 943 g/mol. The van der Waals surface area contributed by atoms with E-state index in [4.69, 9.17) is 14.2 Å². The maximum Gasteiger partial charge on any atom is 0.420 e. The highest BCUT2D eigenvalue weighted by Crippen LogP contribution is 2.50. The number of carbonyl (C=O) groups is 3. The molecule has 0 aliphatic carbocycles. The summed E-state index contributed by atoms with van der Waals surface area (Å²) in [5.74, 6) is -0.236. The summed E-state index contributed by atoms with van der Waals surface area (Å²) in [5.41, 5.74) is 0.124. The molecule has 0 spiro atoms. The minimum absolute atomic E-state index is 0.118. The minimum Gasteiger partial charge on any atom is -0.444 e. The van der Waals surface area contributed by atoms with Crippen LogP contribution in [0.15, 0.2) is 181 Å². The van der Waals surface area contributed by atoms with Gasteiger partial charge in [0.1, 0.15) is 31.5 Å². The molecule has 71 heavy (non-hydrogen) atoms. The van der Waals surface area contributed by atoms with Crippen LogP contribution in [0.25, 0.3) is 62.4 Å². The highest BCUT2D eigenvalue weighted by atomic mass is 32.1.